The van der Waals surface area contributed by atoms with Crippen LogP contribution in [0.2, 0.25) is 5.02 Å². The molecule has 0 fully saturated rings. The van der Waals surface area contributed by atoms with Crippen molar-refractivity contribution in [2.24, 2.45) is 0 Å². The standard InChI is InChI=1S/C14H13BrClNO2S/c1-20(18,19)14-7-3-6-13(16)12(14)9-17-11-5-2-4-10(15)8-11/h2-8,17H,9H2,1H3. The third kappa shape index (κ3) is 3.75. The molecule has 0 aliphatic rings. The molecule has 0 atom stereocenters. The molecule has 20 heavy (non-hydrogen) atoms. The van der Waals surface area contributed by atoms with Gasteiger partial charge in [-0.15, -0.1) is 0 Å². The Morgan fingerprint density at radius 3 is 2.55 bits per heavy atom. The van der Waals surface area contributed by atoms with E-state index < -0.39 is 9.84 Å². The summed E-state index contributed by atoms with van der Waals surface area (Å²) in [4.78, 5) is 0.257. The predicted octanol–water partition coefficient (Wildman–Crippen LogP) is 4.12. The average molecular weight is 375 g/mol. The first kappa shape index (κ1) is 15.4. The zero-order valence-electron chi connectivity index (χ0n) is 10.7. The number of hydrogen-bond acceptors (Lipinski definition) is 3. The fraction of sp³-hybridized carbons (Fsp3) is 0.143. The van der Waals surface area contributed by atoms with Crippen molar-refractivity contribution in [2.75, 3.05) is 11.6 Å². The molecule has 1 N–H and O–H groups in total. The number of anilines is 1. The number of benzene rings is 2. The number of sulfone groups is 1. The second kappa shape index (κ2) is 6.16. The Bertz CT molecular complexity index is 732. The maximum atomic E-state index is 11.8. The van der Waals surface area contributed by atoms with Crippen LogP contribution < -0.4 is 5.32 Å². The van der Waals surface area contributed by atoms with Crippen molar-refractivity contribution in [2.45, 2.75) is 11.4 Å². The summed E-state index contributed by atoms with van der Waals surface area (Å²) in [5, 5.41) is 3.62. The monoisotopic (exact) mass is 373 g/mol. The highest BCUT2D eigenvalue weighted by molar-refractivity contribution is 9.10. The number of hydrogen-bond donors (Lipinski definition) is 1. The number of rotatable bonds is 4. The Morgan fingerprint density at radius 2 is 1.90 bits per heavy atom. The van der Waals surface area contributed by atoms with E-state index in [1.807, 2.05) is 24.3 Å². The second-order valence-corrected chi connectivity index (χ2v) is 7.66. The fourth-order valence-electron chi connectivity index (χ4n) is 1.85. The summed E-state index contributed by atoms with van der Waals surface area (Å²) in [6, 6.07) is 12.5. The highest BCUT2D eigenvalue weighted by Gasteiger charge is 2.15. The van der Waals surface area contributed by atoms with Crippen LogP contribution in [0.5, 0.6) is 0 Å². The summed E-state index contributed by atoms with van der Waals surface area (Å²) in [6.45, 7) is 0.346. The molecule has 0 saturated carbocycles. The molecular formula is C14H13BrClNO2S. The van der Waals surface area contributed by atoms with Gasteiger partial charge in [-0.2, -0.15) is 0 Å². The molecule has 0 aliphatic carbocycles. The van der Waals surface area contributed by atoms with Crippen LogP contribution in [0.3, 0.4) is 0 Å². The molecule has 2 aromatic carbocycles. The molecule has 0 aromatic heterocycles. The highest BCUT2D eigenvalue weighted by Crippen LogP contribution is 2.25. The summed E-state index contributed by atoms with van der Waals surface area (Å²) in [5.41, 5.74) is 1.47. The van der Waals surface area contributed by atoms with Crippen LogP contribution >= 0.6 is 27.5 Å². The van der Waals surface area contributed by atoms with E-state index in [9.17, 15) is 8.42 Å². The third-order valence-electron chi connectivity index (χ3n) is 2.77. The second-order valence-electron chi connectivity index (χ2n) is 4.35. The van der Waals surface area contributed by atoms with Gasteiger partial charge < -0.3 is 5.32 Å². The molecule has 0 bridgehead atoms. The lowest BCUT2D eigenvalue weighted by Gasteiger charge is -2.12. The molecule has 0 heterocycles. The van der Waals surface area contributed by atoms with Crippen LogP contribution in [0.4, 0.5) is 5.69 Å². The van der Waals surface area contributed by atoms with Crippen LogP contribution in [0.1, 0.15) is 5.56 Å². The minimum atomic E-state index is -3.30. The van der Waals surface area contributed by atoms with Crippen LogP contribution in [0.25, 0.3) is 0 Å². The molecule has 0 radical (unpaired) electrons. The first-order valence-corrected chi connectivity index (χ1v) is 8.91. The van der Waals surface area contributed by atoms with Crippen molar-refractivity contribution in [1.29, 1.82) is 0 Å². The summed E-state index contributed by atoms with van der Waals surface area (Å²) >= 11 is 9.51. The van der Waals surface area contributed by atoms with Gasteiger partial charge in [0, 0.05) is 33.5 Å². The van der Waals surface area contributed by atoms with Gasteiger partial charge in [0.05, 0.1) is 4.90 Å². The van der Waals surface area contributed by atoms with E-state index in [1.54, 1.807) is 18.2 Å². The van der Waals surface area contributed by atoms with Crippen LogP contribution in [-0.2, 0) is 16.4 Å². The molecule has 0 unspecified atom stereocenters. The normalized spacial score (nSPS) is 11.3. The molecule has 106 valence electrons. The van der Waals surface area contributed by atoms with Gasteiger partial charge in [-0.3, -0.25) is 0 Å². The average Bonchev–Trinajstić information content (AvgIpc) is 2.36. The van der Waals surface area contributed by atoms with Crippen molar-refractivity contribution >= 4 is 43.1 Å². The lowest BCUT2D eigenvalue weighted by Crippen LogP contribution is -2.07. The zero-order valence-corrected chi connectivity index (χ0v) is 13.9. The Balaban J connectivity index is 2.30. The van der Waals surface area contributed by atoms with Crippen LogP contribution in [-0.4, -0.2) is 14.7 Å². The Hall–Kier alpha value is -1.04. The van der Waals surface area contributed by atoms with Gasteiger partial charge in [-0.25, -0.2) is 8.42 Å². The molecule has 0 saturated heterocycles. The zero-order chi connectivity index (χ0) is 14.8. The Labute approximate surface area is 132 Å². The van der Waals surface area contributed by atoms with Gasteiger partial charge >= 0.3 is 0 Å². The SMILES string of the molecule is CS(=O)(=O)c1cccc(Cl)c1CNc1cccc(Br)c1. The predicted molar refractivity (Wildman–Crippen MR) is 86.0 cm³/mol. The van der Waals surface area contributed by atoms with Crippen molar-refractivity contribution in [1.82, 2.24) is 0 Å². The summed E-state index contributed by atoms with van der Waals surface area (Å²) in [6.07, 6.45) is 1.18. The van der Waals surface area contributed by atoms with E-state index in [-0.39, 0.29) is 4.90 Å². The van der Waals surface area contributed by atoms with Crippen molar-refractivity contribution in [3.8, 4) is 0 Å². The smallest absolute Gasteiger partial charge is 0.175 e. The van der Waals surface area contributed by atoms with Gasteiger partial charge in [0.2, 0.25) is 0 Å². The van der Waals surface area contributed by atoms with E-state index in [0.29, 0.717) is 17.1 Å². The molecule has 2 rings (SSSR count). The molecule has 2 aromatic rings. The molecule has 0 amide bonds. The highest BCUT2D eigenvalue weighted by atomic mass is 79.9. The van der Waals surface area contributed by atoms with Crippen molar-refractivity contribution in [3.63, 3.8) is 0 Å². The first-order chi connectivity index (χ1) is 9.38. The van der Waals surface area contributed by atoms with Crippen LogP contribution in [0.15, 0.2) is 51.8 Å². The van der Waals surface area contributed by atoms with Crippen LogP contribution in [0, 0.1) is 0 Å². The van der Waals surface area contributed by atoms with E-state index >= 15 is 0 Å². The Kier molecular flexibility index (Phi) is 4.73. The summed E-state index contributed by atoms with van der Waals surface area (Å²) < 4.78 is 24.5. The molecular weight excluding hydrogens is 362 g/mol. The summed E-state index contributed by atoms with van der Waals surface area (Å²) in [7, 11) is -3.30. The van der Waals surface area contributed by atoms with Gasteiger partial charge in [-0.1, -0.05) is 39.7 Å². The first-order valence-electron chi connectivity index (χ1n) is 5.85. The fourth-order valence-corrected chi connectivity index (χ4v) is 3.50. The third-order valence-corrected chi connectivity index (χ3v) is 4.80. The van der Waals surface area contributed by atoms with Gasteiger partial charge in [0.15, 0.2) is 9.84 Å². The van der Waals surface area contributed by atoms with Gasteiger partial charge in [0.25, 0.3) is 0 Å². The quantitative estimate of drug-likeness (QED) is 0.875. The molecule has 3 nitrogen and oxygen atoms in total. The summed E-state index contributed by atoms with van der Waals surface area (Å²) in [5.74, 6) is 0. The van der Waals surface area contributed by atoms with Gasteiger partial charge in [0.1, 0.15) is 0 Å². The molecule has 0 spiro atoms. The Morgan fingerprint density at radius 1 is 1.20 bits per heavy atom. The topological polar surface area (TPSA) is 46.2 Å². The lowest BCUT2D eigenvalue weighted by molar-refractivity contribution is 0.601. The molecule has 0 aliphatic heterocycles. The van der Waals surface area contributed by atoms with Crippen molar-refractivity contribution in [3.05, 3.63) is 57.5 Å². The molecule has 6 heteroatoms. The van der Waals surface area contributed by atoms with Crippen molar-refractivity contribution < 1.29 is 8.42 Å². The maximum absolute atomic E-state index is 11.8. The maximum Gasteiger partial charge on any atom is 0.175 e. The minimum absolute atomic E-state index is 0.257. The minimum Gasteiger partial charge on any atom is -0.381 e. The largest absolute Gasteiger partial charge is 0.381 e. The number of nitrogens with one attached hydrogen (secondary N) is 1. The number of halogens is 2. The van der Waals surface area contributed by atoms with E-state index in [4.69, 9.17) is 11.6 Å². The van der Waals surface area contributed by atoms with Gasteiger partial charge in [-0.05, 0) is 30.3 Å². The van der Waals surface area contributed by atoms with E-state index in [2.05, 4.69) is 21.2 Å². The van der Waals surface area contributed by atoms with E-state index in [0.717, 1.165) is 10.2 Å². The van der Waals surface area contributed by atoms with E-state index in [1.165, 1.54) is 6.26 Å². The lowest BCUT2D eigenvalue weighted by atomic mass is 10.2.